The van der Waals surface area contributed by atoms with Crippen LogP contribution < -0.4 is 0 Å². The minimum absolute atomic E-state index is 0.0175. The van der Waals surface area contributed by atoms with Crippen molar-refractivity contribution in [3.05, 3.63) is 0 Å². The lowest BCUT2D eigenvalue weighted by Gasteiger charge is -2.13. The number of nitrogens with zero attached hydrogens (tertiary/aromatic N) is 1. The van der Waals surface area contributed by atoms with Gasteiger partial charge in [0.1, 0.15) is 21.2 Å². The summed E-state index contributed by atoms with van der Waals surface area (Å²) in [6.45, 7) is 1.88. The predicted octanol–water partition coefficient (Wildman–Crippen LogP) is 1.90. The van der Waals surface area contributed by atoms with E-state index in [0.29, 0.717) is 35.0 Å². The number of hydrogen-bond acceptors (Lipinski definition) is 7. The van der Waals surface area contributed by atoms with Crippen LogP contribution in [-0.4, -0.2) is 67.1 Å². The Morgan fingerprint density at radius 2 is 1.47 bits per heavy atom. The van der Waals surface area contributed by atoms with Crippen LogP contribution in [0.5, 0.6) is 0 Å². The van der Waals surface area contributed by atoms with Gasteiger partial charge in [-0.25, -0.2) is 0 Å². The second-order valence-electron chi connectivity index (χ2n) is 3.51. The second kappa shape index (κ2) is 14.7. The van der Waals surface area contributed by atoms with Crippen molar-refractivity contribution in [3.63, 3.8) is 0 Å². The van der Waals surface area contributed by atoms with Gasteiger partial charge in [-0.1, -0.05) is 0 Å². The van der Waals surface area contributed by atoms with Crippen molar-refractivity contribution in [2.45, 2.75) is 12.2 Å². The summed E-state index contributed by atoms with van der Waals surface area (Å²) in [7, 11) is 7.02. The maximum absolute atomic E-state index is 5.33. The van der Waals surface area contributed by atoms with E-state index in [9.17, 15) is 0 Å². The van der Waals surface area contributed by atoms with Crippen LogP contribution in [0.15, 0.2) is 4.52 Å². The van der Waals surface area contributed by atoms with E-state index >= 15 is 0 Å². The monoisotopic (exact) mass is 315 g/mol. The number of hydrogen-bond donors (Lipinski definition) is 0. The van der Waals surface area contributed by atoms with Gasteiger partial charge in [0.25, 0.3) is 0 Å². The summed E-state index contributed by atoms with van der Waals surface area (Å²) in [6, 6.07) is 0. The minimum Gasteiger partial charge on any atom is -0.382 e. The normalized spacial score (nSPS) is 15.6. The Morgan fingerprint density at radius 1 is 0.895 bits per heavy atom. The molecule has 0 fully saturated rings. The molecule has 0 aromatic heterocycles. The fourth-order valence-corrected chi connectivity index (χ4v) is 2.15. The smallest absolute Gasteiger partial charge is 0.178 e. The molecule has 0 aromatic rings. The highest BCUT2D eigenvalue weighted by atomic mass is 31.1. The van der Waals surface area contributed by atoms with Gasteiger partial charge in [-0.2, -0.15) is 4.52 Å². The largest absolute Gasteiger partial charge is 0.382 e. The first kappa shape index (κ1) is 19.3. The molecule has 0 rings (SSSR count). The molecule has 0 aliphatic heterocycles. The van der Waals surface area contributed by atoms with Crippen molar-refractivity contribution in [2.24, 2.45) is 4.52 Å². The van der Waals surface area contributed by atoms with Crippen LogP contribution in [0.25, 0.3) is 0 Å². The highest BCUT2D eigenvalue weighted by Crippen LogP contribution is 2.21. The molecule has 114 valence electrons. The minimum atomic E-state index is -0.0727. The van der Waals surface area contributed by atoms with Crippen LogP contribution in [0.1, 0.15) is 0 Å². The fraction of sp³-hybridized carbons (Fsp3) is 1.00. The van der Waals surface area contributed by atoms with Crippen LogP contribution in [-0.2, 0) is 28.0 Å². The first-order valence-corrected chi connectivity index (χ1v) is 7.32. The molecule has 0 N–H and O–H groups in total. The third-order valence-electron chi connectivity index (χ3n) is 2.11. The molecule has 0 aliphatic rings. The Morgan fingerprint density at radius 3 is 2.00 bits per heavy atom. The molecule has 0 radical (unpaired) electrons. The third-order valence-corrected chi connectivity index (χ3v) is 3.32. The first-order chi connectivity index (χ1) is 9.28. The summed E-state index contributed by atoms with van der Waals surface area (Å²) in [6.07, 6.45) is -0.138. The molecule has 7 nitrogen and oxygen atoms in total. The van der Waals surface area contributed by atoms with Crippen molar-refractivity contribution in [1.29, 1.82) is 0 Å². The Bertz CT molecular complexity index is 222. The van der Waals surface area contributed by atoms with Crippen molar-refractivity contribution in [1.82, 2.24) is 0 Å². The number of methoxy groups -OCH3 is 4. The van der Waals surface area contributed by atoms with E-state index in [2.05, 4.69) is 4.52 Å². The maximum atomic E-state index is 5.33. The fourth-order valence-electron chi connectivity index (χ4n) is 1.06. The quantitative estimate of drug-likeness (QED) is 0.382. The molecule has 0 amide bonds. The highest BCUT2D eigenvalue weighted by molar-refractivity contribution is 7.39. The zero-order valence-corrected chi connectivity index (χ0v) is 13.7. The van der Waals surface area contributed by atoms with E-state index in [-0.39, 0.29) is 21.2 Å². The summed E-state index contributed by atoms with van der Waals surface area (Å²) in [5.41, 5.74) is 0. The number of rotatable bonds is 13. The molecule has 0 spiro atoms. The Kier molecular flexibility index (Phi) is 14.9. The molecular weight excluding hydrogens is 292 g/mol. The molecule has 3 atom stereocenters. The highest BCUT2D eigenvalue weighted by Gasteiger charge is 2.07. The molecule has 0 heterocycles. The lowest BCUT2D eigenvalue weighted by molar-refractivity contribution is 0.00369. The first-order valence-electron chi connectivity index (χ1n) is 5.70. The van der Waals surface area contributed by atoms with Crippen LogP contribution in [0, 0.1) is 0 Å². The molecule has 9 heteroatoms. The van der Waals surface area contributed by atoms with Gasteiger partial charge in [-0.3, -0.25) is 0 Å². The summed E-state index contributed by atoms with van der Waals surface area (Å²) in [5.74, 6) is 0. The van der Waals surface area contributed by atoms with Crippen LogP contribution in [0.4, 0.5) is 0 Å². The van der Waals surface area contributed by atoms with Crippen LogP contribution in [0.3, 0.4) is 0 Å². The molecule has 0 saturated heterocycles. The van der Waals surface area contributed by atoms with E-state index in [1.807, 2.05) is 0 Å². The van der Waals surface area contributed by atoms with E-state index in [1.54, 1.807) is 28.4 Å². The van der Waals surface area contributed by atoms with Gasteiger partial charge in [0.2, 0.25) is 0 Å². The van der Waals surface area contributed by atoms with Crippen molar-refractivity contribution < 1.29 is 28.0 Å². The van der Waals surface area contributed by atoms with E-state index < -0.39 is 0 Å². The SMILES string of the molecule is COCC(COP=NPOCC(COC)OC)OC. The van der Waals surface area contributed by atoms with Crippen molar-refractivity contribution >= 4 is 17.6 Å². The van der Waals surface area contributed by atoms with Crippen LogP contribution >= 0.6 is 17.6 Å². The number of ether oxygens (including phenoxy) is 4. The van der Waals surface area contributed by atoms with Gasteiger partial charge in [-0.05, 0) is 0 Å². The molecular formula is C10H23NO6P2. The Hall–Kier alpha value is 0.290. The molecule has 0 aliphatic carbocycles. The van der Waals surface area contributed by atoms with Crippen molar-refractivity contribution in [2.75, 3.05) is 54.9 Å². The van der Waals surface area contributed by atoms with Gasteiger partial charge in [-0.15, -0.1) is 0 Å². The lowest BCUT2D eigenvalue weighted by atomic mass is 10.4. The van der Waals surface area contributed by atoms with Crippen molar-refractivity contribution in [3.8, 4) is 0 Å². The third kappa shape index (κ3) is 11.8. The lowest BCUT2D eigenvalue weighted by Crippen LogP contribution is -2.22. The molecule has 0 bridgehead atoms. The predicted molar refractivity (Wildman–Crippen MR) is 74.9 cm³/mol. The van der Waals surface area contributed by atoms with Gasteiger partial charge in [0.05, 0.1) is 26.4 Å². The molecule has 0 saturated carbocycles. The van der Waals surface area contributed by atoms with Gasteiger partial charge < -0.3 is 28.0 Å². The summed E-state index contributed by atoms with van der Waals surface area (Å²) in [5, 5.41) is 0. The average molecular weight is 315 g/mol. The standard InChI is InChI=1S/C10H23NO6P2/c1-12-5-9(14-3)7-16-18-11-19-17-8-10(15-4)6-13-2/h9-10,18H,5-8H2,1-4H3. The molecule has 3 unspecified atom stereocenters. The molecule has 19 heavy (non-hydrogen) atoms. The van der Waals surface area contributed by atoms with E-state index in [4.69, 9.17) is 28.0 Å². The zero-order valence-electron chi connectivity index (χ0n) is 11.8. The average Bonchev–Trinajstić information content (AvgIpc) is 2.43. The summed E-state index contributed by atoms with van der Waals surface area (Å²) >= 11 is 0. The van der Waals surface area contributed by atoms with Gasteiger partial charge in [0.15, 0.2) is 8.60 Å². The molecule has 0 aromatic carbocycles. The van der Waals surface area contributed by atoms with E-state index in [0.717, 1.165) is 0 Å². The van der Waals surface area contributed by atoms with E-state index in [1.165, 1.54) is 0 Å². The van der Waals surface area contributed by atoms with Crippen LogP contribution in [0.2, 0.25) is 0 Å². The topological polar surface area (TPSA) is 67.7 Å². The second-order valence-corrected chi connectivity index (χ2v) is 5.20. The summed E-state index contributed by atoms with van der Waals surface area (Å²) < 4.78 is 34.9. The Balaban J connectivity index is 3.52. The maximum Gasteiger partial charge on any atom is 0.178 e. The zero-order chi connectivity index (χ0) is 14.3. The van der Waals surface area contributed by atoms with Gasteiger partial charge in [0, 0.05) is 28.4 Å². The summed E-state index contributed by atoms with van der Waals surface area (Å²) in [4.78, 5) is 0. The van der Waals surface area contributed by atoms with Gasteiger partial charge >= 0.3 is 0 Å². The Labute approximate surface area is 118 Å².